The van der Waals surface area contributed by atoms with Crippen LogP contribution in [0.1, 0.15) is 35.9 Å². The second kappa shape index (κ2) is 9.42. The van der Waals surface area contributed by atoms with Gasteiger partial charge in [0.25, 0.3) is 0 Å². The number of carbonyl (C=O) groups is 1. The van der Waals surface area contributed by atoms with Crippen LogP contribution in [0.3, 0.4) is 0 Å². The lowest BCUT2D eigenvalue weighted by Crippen LogP contribution is -2.27. The van der Waals surface area contributed by atoms with Crippen molar-refractivity contribution in [3.8, 4) is 0 Å². The quantitative estimate of drug-likeness (QED) is 0.520. The van der Waals surface area contributed by atoms with Crippen LogP contribution < -0.4 is 0 Å². The van der Waals surface area contributed by atoms with Gasteiger partial charge in [-0.1, -0.05) is 23.8 Å². The number of sulfonamides is 1. The van der Waals surface area contributed by atoms with E-state index in [2.05, 4.69) is 37.0 Å². The Bertz CT molecular complexity index is 1250. The molecule has 1 aromatic heterocycles. The van der Waals surface area contributed by atoms with E-state index in [1.807, 2.05) is 18.5 Å². The molecule has 8 heteroatoms. The van der Waals surface area contributed by atoms with Gasteiger partial charge in [0.1, 0.15) is 5.82 Å². The van der Waals surface area contributed by atoms with Crippen molar-refractivity contribution in [2.75, 3.05) is 21.1 Å². The molecule has 1 amide bonds. The van der Waals surface area contributed by atoms with Gasteiger partial charge in [0.15, 0.2) is 0 Å². The van der Waals surface area contributed by atoms with Crippen molar-refractivity contribution in [1.29, 1.82) is 0 Å². The number of imidazole rings is 1. The van der Waals surface area contributed by atoms with Gasteiger partial charge in [0.2, 0.25) is 15.9 Å². The number of carbonyl (C=O) groups excluding carboxylic acids is 1. The third-order valence-electron chi connectivity index (χ3n) is 5.79. The lowest BCUT2D eigenvalue weighted by Gasteiger charge is -2.19. The summed E-state index contributed by atoms with van der Waals surface area (Å²) in [5.41, 5.74) is 5.03. The standard InChI is InChI=1S/C24H32N4O3S/c1-7-28-22-11-10-20(32(30,31)26(4)5)15-21(22)25-23(28)12-13-24(29)27(6)16-19-9-8-17(2)14-18(19)3/h8-11,14-15H,7,12-13,16H2,1-6H3. The van der Waals surface area contributed by atoms with Crippen LogP contribution in [0.5, 0.6) is 0 Å². The largest absolute Gasteiger partial charge is 0.341 e. The fourth-order valence-corrected chi connectivity index (χ4v) is 4.77. The Morgan fingerprint density at radius 2 is 1.78 bits per heavy atom. The maximum absolute atomic E-state index is 12.8. The minimum absolute atomic E-state index is 0.0514. The lowest BCUT2D eigenvalue weighted by atomic mass is 10.1. The Balaban J connectivity index is 1.77. The van der Waals surface area contributed by atoms with E-state index >= 15 is 0 Å². The highest BCUT2D eigenvalue weighted by Gasteiger charge is 2.20. The molecule has 2 aromatic carbocycles. The molecule has 0 N–H and O–H groups in total. The predicted octanol–water partition coefficient (Wildman–Crippen LogP) is 3.51. The number of aryl methyl sites for hydroxylation is 4. The summed E-state index contributed by atoms with van der Waals surface area (Å²) in [6.45, 7) is 7.40. The molecule has 1 heterocycles. The Morgan fingerprint density at radius 1 is 1.06 bits per heavy atom. The van der Waals surface area contributed by atoms with Gasteiger partial charge in [-0.25, -0.2) is 17.7 Å². The molecule has 0 saturated carbocycles. The first-order chi connectivity index (χ1) is 15.0. The Morgan fingerprint density at radius 3 is 2.41 bits per heavy atom. The van der Waals surface area contributed by atoms with E-state index in [0.717, 1.165) is 16.9 Å². The highest BCUT2D eigenvalue weighted by molar-refractivity contribution is 7.89. The van der Waals surface area contributed by atoms with Crippen LogP contribution in [0, 0.1) is 13.8 Å². The van der Waals surface area contributed by atoms with E-state index in [-0.39, 0.29) is 10.8 Å². The lowest BCUT2D eigenvalue weighted by molar-refractivity contribution is -0.130. The van der Waals surface area contributed by atoms with Gasteiger partial charge in [0.05, 0.1) is 15.9 Å². The second-order valence-corrected chi connectivity index (χ2v) is 10.5. The molecule has 32 heavy (non-hydrogen) atoms. The monoisotopic (exact) mass is 456 g/mol. The summed E-state index contributed by atoms with van der Waals surface area (Å²) in [6, 6.07) is 11.3. The van der Waals surface area contributed by atoms with Crippen LogP contribution in [0.25, 0.3) is 11.0 Å². The van der Waals surface area contributed by atoms with Crippen LogP contribution >= 0.6 is 0 Å². The summed E-state index contributed by atoms with van der Waals surface area (Å²) in [5.74, 6) is 0.839. The van der Waals surface area contributed by atoms with E-state index in [4.69, 9.17) is 0 Å². The van der Waals surface area contributed by atoms with Crippen molar-refractivity contribution >= 4 is 27.0 Å². The molecule has 0 atom stereocenters. The third kappa shape index (κ3) is 4.86. The summed E-state index contributed by atoms with van der Waals surface area (Å²) in [6.07, 6.45) is 0.835. The van der Waals surface area contributed by atoms with Crippen LogP contribution in [0.4, 0.5) is 0 Å². The molecule has 7 nitrogen and oxygen atoms in total. The zero-order valence-electron chi connectivity index (χ0n) is 19.7. The van der Waals surface area contributed by atoms with Gasteiger partial charge in [-0.3, -0.25) is 4.79 Å². The number of aromatic nitrogens is 2. The number of benzene rings is 2. The van der Waals surface area contributed by atoms with Crippen LogP contribution in [0.15, 0.2) is 41.3 Å². The minimum atomic E-state index is -3.53. The Kier molecular flexibility index (Phi) is 7.05. The van der Waals surface area contributed by atoms with Crippen molar-refractivity contribution in [3.63, 3.8) is 0 Å². The molecule has 0 fully saturated rings. The van der Waals surface area contributed by atoms with Crippen molar-refractivity contribution in [2.45, 2.75) is 51.6 Å². The second-order valence-electron chi connectivity index (χ2n) is 8.39. The van der Waals surface area contributed by atoms with E-state index in [1.165, 1.54) is 29.5 Å². The van der Waals surface area contributed by atoms with Crippen molar-refractivity contribution in [2.24, 2.45) is 0 Å². The van der Waals surface area contributed by atoms with Gasteiger partial charge in [0, 0.05) is 47.1 Å². The average molecular weight is 457 g/mol. The zero-order valence-corrected chi connectivity index (χ0v) is 20.5. The smallest absolute Gasteiger partial charge is 0.242 e. The van der Waals surface area contributed by atoms with Crippen LogP contribution in [-0.4, -0.2) is 54.2 Å². The molecule has 0 saturated heterocycles. The summed E-state index contributed by atoms with van der Waals surface area (Å²) < 4.78 is 28.2. The Hall–Kier alpha value is -2.71. The number of rotatable bonds is 8. The summed E-state index contributed by atoms with van der Waals surface area (Å²) in [7, 11) is 1.31. The first-order valence-corrected chi connectivity index (χ1v) is 12.2. The average Bonchev–Trinajstić information content (AvgIpc) is 3.10. The summed E-state index contributed by atoms with van der Waals surface area (Å²) >= 11 is 0. The molecule has 0 radical (unpaired) electrons. The van der Waals surface area contributed by atoms with Crippen LogP contribution in [0.2, 0.25) is 0 Å². The number of amides is 1. The summed E-state index contributed by atoms with van der Waals surface area (Å²) in [5, 5.41) is 0. The topological polar surface area (TPSA) is 75.5 Å². The van der Waals surface area contributed by atoms with E-state index in [9.17, 15) is 13.2 Å². The highest BCUT2D eigenvalue weighted by atomic mass is 32.2. The van der Waals surface area contributed by atoms with Gasteiger partial charge in [-0.15, -0.1) is 0 Å². The minimum Gasteiger partial charge on any atom is -0.341 e. The van der Waals surface area contributed by atoms with E-state index < -0.39 is 10.0 Å². The molecule has 0 aliphatic rings. The molecule has 0 spiro atoms. The van der Waals surface area contributed by atoms with Gasteiger partial charge in [-0.05, 0) is 50.1 Å². The maximum Gasteiger partial charge on any atom is 0.242 e. The molecule has 0 bridgehead atoms. The first kappa shape index (κ1) is 23.9. The third-order valence-corrected chi connectivity index (χ3v) is 7.60. The Labute approximate surface area is 190 Å². The molecule has 0 aliphatic heterocycles. The molecule has 172 valence electrons. The van der Waals surface area contributed by atoms with E-state index in [1.54, 1.807) is 23.1 Å². The first-order valence-electron chi connectivity index (χ1n) is 10.8. The number of hydrogen-bond acceptors (Lipinski definition) is 4. The molecular weight excluding hydrogens is 424 g/mol. The van der Waals surface area contributed by atoms with Crippen molar-refractivity contribution < 1.29 is 13.2 Å². The molecule has 0 unspecified atom stereocenters. The molecule has 0 aliphatic carbocycles. The van der Waals surface area contributed by atoms with Crippen LogP contribution in [-0.2, 0) is 34.3 Å². The fourth-order valence-electron chi connectivity index (χ4n) is 3.85. The molecule has 3 rings (SSSR count). The van der Waals surface area contributed by atoms with Gasteiger partial charge < -0.3 is 9.47 Å². The number of nitrogens with zero attached hydrogens (tertiary/aromatic N) is 4. The van der Waals surface area contributed by atoms with E-state index in [0.29, 0.717) is 31.4 Å². The number of hydrogen-bond donors (Lipinski definition) is 0. The molecule has 3 aromatic rings. The van der Waals surface area contributed by atoms with Gasteiger partial charge >= 0.3 is 0 Å². The highest BCUT2D eigenvalue weighted by Crippen LogP contribution is 2.23. The fraction of sp³-hybridized carbons (Fsp3) is 0.417. The zero-order chi connectivity index (χ0) is 23.6. The van der Waals surface area contributed by atoms with Crippen molar-refractivity contribution in [3.05, 3.63) is 58.9 Å². The van der Waals surface area contributed by atoms with Crippen molar-refractivity contribution in [1.82, 2.24) is 18.8 Å². The molecular formula is C24H32N4O3S. The normalized spacial score (nSPS) is 12.0. The SMILES string of the molecule is CCn1c(CCC(=O)N(C)Cc2ccc(C)cc2C)nc2cc(S(=O)(=O)N(C)C)ccc21. The maximum atomic E-state index is 12.8. The predicted molar refractivity (Wildman–Crippen MR) is 127 cm³/mol. The van der Waals surface area contributed by atoms with Gasteiger partial charge in [-0.2, -0.15) is 0 Å². The summed E-state index contributed by atoms with van der Waals surface area (Å²) in [4.78, 5) is 19.4. The number of fused-ring (bicyclic) bond motifs is 1.